The first kappa shape index (κ1) is 20.0. The predicted octanol–water partition coefficient (Wildman–Crippen LogP) is 2.44. The van der Waals surface area contributed by atoms with Crippen LogP contribution in [0.15, 0.2) is 24.2 Å². The summed E-state index contributed by atoms with van der Waals surface area (Å²) < 4.78 is 5.10. The number of piperidine rings is 1. The molecule has 2 aromatic rings. The number of hydrogen-bond donors (Lipinski definition) is 2. The molecule has 148 valence electrons. The number of thiazole rings is 1. The molecule has 0 aliphatic carbocycles. The lowest BCUT2D eigenvalue weighted by molar-refractivity contribution is -0.111. The Morgan fingerprint density at radius 2 is 2.29 bits per heavy atom. The van der Waals surface area contributed by atoms with Crippen LogP contribution in [0.5, 0.6) is 5.88 Å². The molecule has 28 heavy (non-hydrogen) atoms. The first-order valence-electron chi connectivity index (χ1n) is 8.51. The number of halogens is 1. The van der Waals surface area contributed by atoms with Crippen molar-refractivity contribution in [3.8, 4) is 5.88 Å². The number of hydrogen-bond acceptors (Lipinski definition) is 8. The van der Waals surface area contributed by atoms with Gasteiger partial charge in [-0.3, -0.25) is 14.9 Å². The summed E-state index contributed by atoms with van der Waals surface area (Å²) in [5, 5.41) is 8.09. The summed E-state index contributed by atoms with van der Waals surface area (Å²) in [6, 6.07) is -0.0119. The Bertz CT molecular complexity index is 890. The Hall–Kier alpha value is -2.72. The summed E-state index contributed by atoms with van der Waals surface area (Å²) in [5.41, 5.74) is 0.300. The average Bonchev–Trinajstić information content (AvgIpc) is 3.17. The number of carbonyl (C=O) groups excluding carboxylic acids is 2. The van der Waals surface area contributed by atoms with Crippen LogP contribution in [-0.2, 0) is 4.79 Å². The zero-order valence-corrected chi connectivity index (χ0v) is 16.7. The van der Waals surface area contributed by atoms with Gasteiger partial charge in [-0.1, -0.05) is 18.2 Å². The van der Waals surface area contributed by atoms with Crippen molar-refractivity contribution in [1.82, 2.24) is 19.9 Å². The molecule has 1 saturated heterocycles. The standard InChI is InChI=1S/C17H19ClN6O3S/c1-3-13(25)22-17-21-12(9-28-17)15(26)24-6-4-5-10(8-24)20-16-19-7-11(18)14(23-16)27-2/h3,7,9-10H,1,4-6,8H2,2H3,(H,19,20,23)(H,21,22,25)/t10-/m0/s1. The van der Waals surface area contributed by atoms with E-state index in [1.54, 1.807) is 10.3 Å². The first-order valence-corrected chi connectivity index (χ1v) is 9.77. The van der Waals surface area contributed by atoms with Crippen molar-refractivity contribution in [3.63, 3.8) is 0 Å². The molecule has 9 nitrogen and oxygen atoms in total. The largest absolute Gasteiger partial charge is 0.480 e. The number of carbonyl (C=O) groups is 2. The number of amides is 2. The zero-order valence-electron chi connectivity index (χ0n) is 15.1. The third kappa shape index (κ3) is 4.76. The molecule has 1 aliphatic rings. The predicted molar refractivity (Wildman–Crippen MR) is 107 cm³/mol. The van der Waals surface area contributed by atoms with Crippen LogP contribution >= 0.6 is 22.9 Å². The second-order valence-corrected chi connectivity index (χ2v) is 7.28. The molecule has 3 rings (SSSR count). The SMILES string of the molecule is C=CC(=O)Nc1nc(C(=O)N2CCC[C@H](Nc3ncc(Cl)c(OC)n3)C2)cs1. The third-order valence-corrected chi connectivity index (χ3v) is 5.10. The molecule has 0 saturated carbocycles. The van der Waals surface area contributed by atoms with Crippen LogP contribution in [0.2, 0.25) is 5.02 Å². The Balaban J connectivity index is 1.63. The van der Waals surface area contributed by atoms with E-state index in [0.29, 0.717) is 40.8 Å². The maximum atomic E-state index is 12.8. The van der Waals surface area contributed by atoms with E-state index >= 15 is 0 Å². The van der Waals surface area contributed by atoms with E-state index < -0.39 is 0 Å². The van der Waals surface area contributed by atoms with Crippen LogP contribution in [0.1, 0.15) is 23.3 Å². The fourth-order valence-electron chi connectivity index (χ4n) is 2.77. The molecule has 0 aromatic carbocycles. The van der Waals surface area contributed by atoms with Crippen molar-refractivity contribution in [2.45, 2.75) is 18.9 Å². The minimum atomic E-state index is -0.367. The van der Waals surface area contributed by atoms with E-state index in [4.69, 9.17) is 16.3 Å². The zero-order chi connectivity index (χ0) is 20.1. The minimum Gasteiger partial charge on any atom is -0.480 e. The Labute approximate surface area is 170 Å². The van der Waals surface area contributed by atoms with Gasteiger partial charge >= 0.3 is 0 Å². The smallest absolute Gasteiger partial charge is 0.273 e. The Morgan fingerprint density at radius 1 is 1.46 bits per heavy atom. The van der Waals surface area contributed by atoms with E-state index in [1.807, 2.05) is 0 Å². The van der Waals surface area contributed by atoms with Gasteiger partial charge in [0, 0.05) is 24.5 Å². The molecule has 2 amide bonds. The maximum absolute atomic E-state index is 12.8. The van der Waals surface area contributed by atoms with E-state index in [9.17, 15) is 9.59 Å². The highest BCUT2D eigenvalue weighted by atomic mass is 35.5. The van der Waals surface area contributed by atoms with Gasteiger partial charge < -0.3 is 15.0 Å². The van der Waals surface area contributed by atoms with Gasteiger partial charge in [0.1, 0.15) is 10.7 Å². The molecular formula is C17H19ClN6O3S. The number of anilines is 2. The number of aromatic nitrogens is 3. The van der Waals surface area contributed by atoms with E-state index in [-0.39, 0.29) is 17.9 Å². The third-order valence-electron chi connectivity index (χ3n) is 4.09. The number of nitrogens with one attached hydrogen (secondary N) is 2. The fraction of sp³-hybridized carbons (Fsp3) is 0.353. The highest BCUT2D eigenvalue weighted by molar-refractivity contribution is 7.14. The van der Waals surface area contributed by atoms with Gasteiger partial charge in [0.25, 0.3) is 5.91 Å². The van der Waals surface area contributed by atoms with Crippen LogP contribution in [0.25, 0.3) is 0 Å². The molecular weight excluding hydrogens is 404 g/mol. The molecule has 1 fully saturated rings. The topological polar surface area (TPSA) is 109 Å². The van der Waals surface area contributed by atoms with Crippen molar-refractivity contribution < 1.29 is 14.3 Å². The lowest BCUT2D eigenvalue weighted by Crippen LogP contribution is -2.45. The Morgan fingerprint density at radius 3 is 3.04 bits per heavy atom. The monoisotopic (exact) mass is 422 g/mol. The van der Waals surface area contributed by atoms with Crippen molar-refractivity contribution in [1.29, 1.82) is 0 Å². The highest BCUT2D eigenvalue weighted by Gasteiger charge is 2.26. The molecule has 0 spiro atoms. The molecule has 0 bridgehead atoms. The van der Waals surface area contributed by atoms with Crippen LogP contribution in [-0.4, -0.2) is 57.9 Å². The summed E-state index contributed by atoms with van der Waals surface area (Å²) in [4.78, 5) is 38.4. The number of likely N-dealkylation sites (tertiary alicyclic amines) is 1. The van der Waals surface area contributed by atoms with Crippen LogP contribution in [0.3, 0.4) is 0 Å². The van der Waals surface area contributed by atoms with Gasteiger partial charge in [-0.25, -0.2) is 9.97 Å². The van der Waals surface area contributed by atoms with Gasteiger partial charge in [0.05, 0.1) is 13.3 Å². The minimum absolute atomic E-state index is 0.0119. The quantitative estimate of drug-likeness (QED) is 0.688. The lowest BCUT2D eigenvalue weighted by atomic mass is 10.1. The summed E-state index contributed by atoms with van der Waals surface area (Å²) >= 11 is 7.14. The maximum Gasteiger partial charge on any atom is 0.273 e. The van der Waals surface area contributed by atoms with Gasteiger partial charge in [-0.15, -0.1) is 11.3 Å². The fourth-order valence-corrected chi connectivity index (χ4v) is 3.63. The molecule has 0 unspecified atom stereocenters. The highest BCUT2D eigenvalue weighted by Crippen LogP contribution is 2.23. The summed E-state index contributed by atoms with van der Waals surface area (Å²) in [6.45, 7) is 4.51. The first-order chi connectivity index (χ1) is 13.5. The number of rotatable bonds is 6. The summed E-state index contributed by atoms with van der Waals surface area (Å²) in [6.07, 6.45) is 4.32. The van der Waals surface area contributed by atoms with Gasteiger partial charge in [0.2, 0.25) is 17.7 Å². The number of nitrogens with zero attached hydrogens (tertiary/aromatic N) is 4. The van der Waals surface area contributed by atoms with Gasteiger partial charge in [0.15, 0.2) is 5.13 Å². The van der Waals surface area contributed by atoms with Crippen LogP contribution in [0.4, 0.5) is 11.1 Å². The van der Waals surface area contributed by atoms with Crippen molar-refractivity contribution in [3.05, 3.63) is 34.9 Å². The molecule has 0 radical (unpaired) electrons. The van der Waals surface area contributed by atoms with E-state index in [0.717, 1.165) is 18.9 Å². The molecule has 1 atom stereocenters. The molecule has 11 heteroatoms. The molecule has 1 aliphatic heterocycles. The van der Waals surface area contributed by atoms with Gasteiger partial charge in [-0.05, 0) is 18.9 Å². The van der Waals surface area contributed by atoms with Crippen molar-refractivity contribution >= 4 is 45.8 Å². The normalized spacial score (nSPS) is 16.4. The second-order valence-electron chi connectivity index (χ2n) is 6.02. The molecule has 3 heterocycles. The number of ether oxygens (including phenoxy) is 1. The van der Waals surface area contributed by atoms with Crippen LogP contribution < -0.4 is 15.4 Å². The molecule has 2 aromatic heterocycles. The Kier molecular flexibility index (Phi) is 6.42. The number of methoxy groups -OCH3 is 1. The lowest BCUT2D eigenvalue weighted by Gasteiger charge is -2.32. The van der Waals surface area contributed by atoms with E-state index in [2.05, 4.69) is 32.2 Å². The van der Waals surface area contributed by atoms with Crippen LogP contribution in [0, 0.1) is 0 Å². The van der Waals surface area contributed by atoms with Crippen molar-refractivity contribution in [2.24, 2.45) is 0 Å². The molecule has 2 N–H and O–H groups in total. The van der Waals surface area contributed by atoms with Gasteiger partial charge in [-0.2, -0.15) is 4.98 Å². The average molecular weight is 423 g/mol. The summed E-state index contributed by atoms with van der Waals surface area (Å²) in [5.74, 6) is 0.133. The second kappa shape index (κ2) is 8.98. The van der Waals surface area contributed by atoms with E-state index in [1.165, 1.54) is 24.6 Å². The van der Waals surface area contributed by atoms with Crippen molar-refractivity contribution in [2.75, 3.05) is 30.8 Å². The summed E-state index contributed by atoms with van der Waals surface area (Å²) in [7, 11) is 1.48.